The normalized spacial score (nSPS) is 22.0. The van der Waals surface area contributed by atoms with E-state index in [4.69, 9.17) is 17.3 Å². The lowest BCUT2D eigenvalue weighted by atomic mass is 9.87. The van der Waals surface area contributed by atoms with Crippen molar-refractivity contribution in [3.05, 3.63) is 70.2 Å². The van der Waals surface area contributed by atoms with Crippen LogP contribution < -0.4 is 5.73 Å². The van der Waals surface area contributed by atoms with Crippen LogP contribution in [0.2, 0.25) is 5.02 Å². The van der Waals surface area contributed by atoms with E-state index < -0.39 is 0 Å². The smallest absolute Gasteiger partial charge is 0.0451 e. The highest BCUT2D eigenvalue weighted by molar-refractivity contribution is 6.31. The minimum Gasteiger partial charge on any atom is -0.327 e. The molecule has 0 radical (unpaired) electrons. The van der Waals surface area contributed by atoms with Crippen LogP contribution in [-0.4, -0.2) is 24.0 Å². The number of halogens is 1. The Morgan fingerprint density at radius 3 is 2.46 bits per heavy atom. The molecule has 2 nitrogen and oxygen atoms in total. The van der Waals surface area contributed by atoms with E-state index in [1.807, 2.05) is 18.2 Å². The first-order chi connectivity index (χ1) is 11.5. The number of hydrogen-bond acceptors (Lipinski definition) is 2. The number of nitrogens with zero attached hydrogens (tertiary/aromatic N) is 1. The molecule has 24 heavy (non-hydrogen) atoms. The van der Waals surface area contributed by atoms with Crippen LogP contribution in [0.25, 0.3) is 0 Å². The van der Waals surface area contributed by atoms with Crippen LogP contribution in [0, 0.1) is 0 Å². The summed E-state index contributed by atoms with van der Waals surface area (Å²) >= 11 is 6.32. The third-order valence-electron chi connectivity index (χ3n) is 4.98. The lowest BCUT2D eigenvalue weighted by Gasteiger charge is -2.36. The van der Waals surface area contributed by atoms with E-state index in [1.54, 1.807) is 0 Å². The second kappa shape index (κ2) is 7.69. The van der Waals surface area contributed by atoms with Crippen molar-refractivity contribution >= 4 is 11.6 Å². The van der Waals surface area contributed by atoms with Gasteiger partial charge in [-0.2, -0.15) is 0 Å². The van der Waals surface area contributed by atoms with Crippen molar-refractivity contribution in [3.8, 4) is 0 Å². The van der Waals surface area contributed by atoms with Gasteiger partial charge >= 0.3 is 0 Å². The maximum atomic E-state index is 6.35. The van der Waals surface area contributed by atoms with Crippen LogP contribution in [0.15, 0.2) is 48.5 Å². The van der Waals surface area contributed by atoms with Crippen LogP contribution in [-0.2, 0) is 6.54 Å². The molecular weight excluding hydrogens is 316 g/mol. The van der Waals surface area contributed by atoms with E-state index >= 15 is 0 Å². The number of benzene rings is 2. The van der Waals surface area contributed by atoms with Crippen molar-refractivity contribution in [1.29, 1.82) is 0 Å². The number of piperidine rings is 1. The van der Waals surface area contributed by atoms with Gasteiger partial charge in [0.1, 0.15) is 0 Å². The quantitative estimate of drug-likeness (QED) is 0.866. The van der Waals surface area contributed by atoms with E-state index in [9.17, 15) is 0 Å². The van der Waals surface area contributed by atoms with Gasteiger partial charge in [-0.15, -0.1) is 0 Å². The number of rotatable bonds is 4. The molecule has 0 bridgehead atoms. The number of hydrogen-bond donors (Lipinski definition) is 1. The summed E-state index contributed by atoms with van der Waals surface area (Å²) in [5, 5.41) is 0.842. The zero-order chi connectivity index (χ0) is 17.1. The summed E-state index contributed by atoms with van der Waals surface area (Å²) in [5.74, 6) is 1.07. The molecule has 0 spiro atoms. The summed E-state index contributed by atoms with van der Waals surface area (Å²) in [4.78, 5) is 2.44. The van der Waals surface area contributed by atoms with Gasteiger partial charge in [-0.05, 0) is 41.0 Å². The molecule has 128 valence electrons. The molecule has 2 atom stereocenters. The second-order valence-corrected chi connectivity index (χ2v) is 7.71. The summed E-state index contributed by atoms with van der Waals surface area (Å²) < 4.78 is 0. The number of likely N-dealkylation sites (tertiary alicyclic amines) is 1. The molecular formula is C21H27ClN2. The molecule has 1 saturated heterocycles. The second-order valence-electron chi connectivity index (χ2n) is 7.30. The van der Waals surface area contributed by atoms with Gasteiger partial charge in [-0.1, -0.05) is 67.9 Å². The first-order valence-electron chi connectivity index (χ1n) is 8.84. The summed E-state index contributed by atoms with van der Waals surface area (Å²) in [6.07, 6.45) is 1.06. The van der Waals surface area contributed by atoms with E-state index in [0.29, 0.717) is 11.8 Å². The molecule has 0 aliphatic carbocycles. The molecule has 2 aromatic rings. The monoisotopic (exact) mass is 342 g/mol. The van der Waals surface area contributed by atoms with E-state index in [-0.39, 0.29) is 6.04 Å². The Labute approximate surface area is 150 Å². The summed E-state index contributed by atoms with van der Waals surface area (Å²) in [5.41, 5.74) is 10.3. The van der Waals surface area contributed by atoms with Gasteiger partial charge in [-0.3, -0.25) is 4.90 Å². The molecule has 2 unspecified atom stereocenters. The molecule has 3 heteroatoms. The molecule has 0 amide bonds. The molecule has 2 aromatic carbocycles. The molecule has 1 heterocycles. The summed E-state index contributed by atoms with van der Waals surface area (Å²) in [6, 6.07) is 17.4. The third kappa shape index (κ3) is 4.18. The fourth-order valence-electron chi connectivity index (χ4n) is 3.62. The van der Waals surface area contributed by atoms with Crippen molar-refractivity contribution in [2.75, 3.05) is 13.1 Å². The van der Waals surface area contributed by atoms with Gasteiger partial charge in [0, 0.05) is 30.7 Å². The number of nitrogens with two attached hydrogens (primary N) is 1. The van der Waals surface area contributed by atoms with Crippen LogP contribution in [0.1, 0.15) is 48.8 Å². The van der Waals surface area contributed by atoms with Gasteiger partial charge in [-0.25, -0.2) is 0 Å². The Kier molecular flexibility index (Phi) is 5.60. The lowest BCUT2D eigenvalue weighted by molar-refractivity contribution is 0.181. The SMILES string of the molecule is CC(C)c1ccc(C2CC(N)CN(Cc3ccccc3Cl)C2)cc1. The highest BCUT2D eigenvalue weighted by Crippen LogP contribution is 2.29. The van der Waals surface area contributed by atoms with E-state index in [1.165, 1.54) is 16.7 Å². The van der Waals surface area contributed by atoms with E-state index in [0.717, 1.165) is 31.1 Å². The summed E-state index contributed by atoms with van der Waals surface area (Å²) in [6.45, 7) is 7.31. The van der Waals surface area contributed by atoms with Crippen LogP contribution >= 0.6 is 11.6 Å². The predicted octanol–water partition coefficient (Wildman–Crippen LogP) is 4.78. The maximum absolute atomic E-state index is 6.35. The van der Waals surface area contributed by atoms with Gasteiger partial charge in [0.2, 0.25) is 0 Å². The van der Waals surface area contributed by atoms with Crippen molar-refractivity contribution in [2.45, 2.75) is 44.7 Å². The highest BCUT2D eigenvalue weighted by atomic mass is 35.5. The van der Waals surface area contributed by atoms with Gasteiger partial charge < -0.3 is 5.73 Å². The first-order valence-corrected chi connectivity index (χ1v) is 9.22. The minimum atomic E-state index is 0.219. The van der Waals surface area contributed by atoms with Crippen molar-refractivity contribution in [3.63, 3.8) is 0 Å². The van der Waals surface area contributed by atoms with Gasteiger partial charge in [0.15, 0.2) is 0 Å². The Hall–Kier alpha value is -1.35. The fourth-order valence-corrected chi connectivity index (χ4v) is 3.82. The van der Waals surface area contributed by atoms with Crippen molar-refractivity contribution in [2.24, 2.45) is 5.73 Å². The zero-order valence-corrected chi connectivity index (χ0v) is 15.3. The van der Waals surface area contributed by atoms with Crippen LogP contribution in [0.4, 0.5) is 0 Å². The standard InChI is InChI=1S/C21H27ClN2/c1-15(2)16-7-9-17(10-8-16)19-11-20(23)14-24(13-19)12-18-5-3-4-6-21(18)22/h3-10,15,19-20H,11-14,23H2,1-2H3. The fraction of sp³-hybridized carbons (Fsp3) is 0.429. The van der Waals surface area contributed by atoms with Crippen LogP contribution in [0.5, 0.6) is 0 Å². The molecule has 1 aliphatic rings. The molecule has 3 rings (SSSR count). The third-order valence-corrected chi connectivity index (χ3v) is 5.35. The topological polar surface area (TPSA) is 29.3 Å². The Morgan fingerprint density at radius 2 is 1.79 bits per heavy atom. The first kappa shape index (κ1) is 17.5. The Balaban J connectivity index is 1.72. The predicted molar refractivity (Wildman–Crippen MR) is 103 cm³/mol. The molecule has 2 N–H and O–H groups in total. The van der Waals surface area contributed by atoms with Crippen molar-refractivity contribution in [1.82, 2.24) is 4.90 Å². The average Bonchev–Trinajstić information content (AvgIpc) is 2.56. The van der Waals surface area contributed by atoms with E-state index in [2.05, 4.69) is 49.1 Å². The highest BCUT2D eigenvalue weighted by Gasteiger charge is 2.26. The van der Waals surface area contributed by atoms with Gasteiger partial charge in [0.25, 0.3) is 0 Å². The van der Waals surface area contributed by atoms with Crippen molar-refractivity contribution < 1.29 is 0 Å². The molecule has 1 fully saturated rings. The molecule has 1 aliphatic heterocycles. The Morgan fingerprint density at radius 1 is 1.08 bits per heavy atom. The average molecular weight is 343 g/mol. The lowest BCUT2D eigenvalue weighted by Crippen LogP contribution is -2.45. The molecule has 0 saturated carbocycles. The molecule has 0 aromatic heterocycles. The summed E-state index contributed by atoms with van der Waals surface area (Å²) in [7, 11) is 0. The maximum Gasteiger partial charge on any atom is 0.0451 e. The minimum absolute atomic E-state index is 0.219. The Bertz CT molecular complexity index is 666. The van der Waals surface area contributed by atoms with Gasteiger partial charge in [0.05, 0.1) is 0 Å². The van der Waals surface area contributed by atoms with Crippen LogP contribution in [0.3, 0.4) is 0 Å². The largest absolute Gasteiger partial charge is 0.327 e. The zero-order valence-electron chi connectivity index (χ0n) is 14.6.